The molecule has 9 heteroatoms. The minimum Gasteiger partial charge on any atom is -0.361 e. The van der Waals surface area contributed by atoms with E-state index in [2.05, 4.69) is 25.9 Å². The molecule has 188 valence electrons. The summed E-state index contributed by atoms with van der Waals surface area (Å²) in [6.45, 7) is 0. The van der Waals surface area contributed by atoms with Gasteiger partial charge >= 0.3 is 0 Å². The molecule has 0 bridgehead atoms. The van der Waals surface area contributed by atoms with Crippen LogP contribution in [0.1, 0.15) is 0 Å². The zero-order chi connectivity index (χ0) is 26.5. The van der Waals surface area contributed by atoms with Crippen molar-refractivity contribution in [3.63, 3.8) is 0 Å². The highest BCUT2D eigenvalue weighted by Gasteiger charge is 2.08. The normalized spacial score (nSPS) is 10.6. The molecule has 2 heterocycles. The average molecular weight is 674 g/mol. The minimum atomic E-state index is 0.547. The molecule has 0 fully saturated rings. The van der Waals surface area contributed by atoms with Gasteiger partial charge in [0, 0.05) is 54.3 Å². The topological polar surface area (TPSA) is 31.6 Å². The molecule has 0 saturated carbocycles. The van der Waals surface area contributed by atoms with Crippen molar-refractivity contribution in [3.8, 4) is 11.1 Å². The summed E-state index contributed by atoms with van der Waals surface area (Å²) in [5.41, 5.74) is 4.24. The van der Waals surface area contributed by atoms with Crippen LogP contribution in [0.4, 0.5) is 0 Å². The number of aromatic amines is 2. The Kier molecular flexibility index (Phi) is 9.77. The summed E-state index contributed by atoms with van der Waals surface area (Å²) in [5.74, 6) is 0. The lowest BCUT2D eigenvalue weighted by Gasteiger charge is -2.02. The third kappa shape index (κ3) is 7.40. The number of nitrogens with one attached hydrogen (secondary N) is 2. The van der Waals surface area contributed by atoms with Gasteiger partial charge in [-0.2, -0.15) is 0 Å². The summed E-state index contributed by atoms with van der Waals surface area (Å²) >= 11 is 38.3. The first-order valence-corrected chi connectivity index (χ1v) is 13.8. The Labute approximate surface area is 252 Å². The average Bonchev–Trinajstić information content (AvgIpc) is 3.50. The Morgan fingerprint density at radius 3 is 1.86 bits per heavy atom. The molecule has 0 amide bonds. The van der Waals surface area contributed by atoms with Crippen molar-refractivity contribution in [2.45, 2.75) is 0 Å². The quantitative estimate of drug-likeness (QED) is 0.163. The van der Waals surface area contributed by atoms with Crippen molar-refractivity contribution in [3.05, 3.63) is 126 Å². The molecule has 0 spiro atoms. The summed E-state index contributed by atoms with van der Waals surface area (Å²) in [4.78, 5) is 6.30. The predicted octanol–water partition coefficient (Wildman–Crippen LogP) is 12.4. The Morgan fingerprint density at radius 2 is 1.19 bits per heavy atom. The zero-order valence-corrected chi connectivity index (χ0v) is 24.9. The second kappa shape index (κ2) is 12.8. The Morgan fingerprint density at radius 1 is 0.541 bits per heavy atom. The lowest BCUT2D eigenvalue weighted by Crippen LogP contribution is -1.77. The van der Waals surface area contributed by atoms with E-state index < -0.39 is 0 Å². The number of aromatic nitrogens is 2. The number of H-pyrrole nitrogens is 2. The van der Waals surface area contributed by atoms with E-state index >= 15 is 0 Å². The van der Waals surface area contributed by atoms with Crippen molar-refractivity contribution in [1.29, 1.82) is 0 Å². The van der Waals surface area contributed by atoms with E-state index in [1.165, 1.54) is 0 Å². The molecule has 2 aromatic heterocycles. The second-order valence-electron chi connectivity index (χ2n) is 7.79. The summed E-state index contributed by atoms with van der Waals surface area (Å²) in [6, 6.07) is 24.5. The number of fused-ring (bicyclic) bond motifs is 2. The van der Waals surface area contributed by atoms with Gasteiger partial charge in [0.2, 0.25) is 0 Å². The maximum Gasteiger partial charge on any atom is 0.0603 e. The van der Waals surface area contributed by atoms with E-state index in [1.54, 1.807) is 18.2 Å². The van der Waals surface area contributed by atoms with Crippen LogP contribution >= 0.6 is 85.5 Å². The molecule has 4 aromatic carbocycles. The number of benzene rings is 4. The third-order valence-electron chi connectivity index (χ3n) is 5.27. The Hall–Kier alpha value is -1.82. The van der Waals surface area contributed by atoms with Crippen LogP contribution in [0.15, 0.2) is 95.7 Å². The molecule has 0 unspecified atom stereocenters. The molecule has 2 nitrogen and oxygen atoms in total. The minimum absolute atomic E-state index is 0.547. The molecule has 6 aromatic rings. The molecule has 0 atom stereocenters. The smallest absolute Gasteiger partial charge is 0.0603 e. The maximum absolute atomic E-state index is 6.04. The fourth-order valence-corrected chi connectivity index (χ4v) is 4.93. The van der Waals surface area contributed by atoms with Gasteiger partial charge in [0.25, 0.3) is 0 Å². The number of halogens is 7. The second-order valence-corrected chi connectivity index (χ2v) is 11.2. The Bertz CT molecular complexity index is 1670. The number of hydrogen-bond acceptors (Lipinski definition) is 0. The highest BCUT2D eigenvalue weighted by atomic mass is 79.9. The first kappa shape index (κ1) is 28.2. The molecule has 0 aliphatic rings. The zero-order valence-electron chi connectivity index (χ0n) is 18.8. The van der Waals surface area contributed by atoms with E-state index in [1.807, 2.05) is 73.1 Å². The van der Waals surface area contributed by atoms with Gasteiger partial charge in [-0.3, -0.25) is 0 Å². The molecule has 0 radical (unpaired) electrons. The molecule has 0 aliphatic heterocycles. The largest absolute Gasteiger partial charge is 0.361 e. The van der Waals surface area contributed by atoms with Crippen molar-refractivity contribution in [2.75, 3.05) is 0 Å². The van der Waals surface area contributed by atoms with E-state index in [4.69, 9.17) is 69.6 Å². The van der Waals surface area contributed by atoms with Crippen molar-refractivity contribution in [1.82, 2.24) is 9.97 Å². The van der Waals surface area contributed by atoms with Crippen LogP contribution in [-0.2, 0) is 0 Å². The first-order chi connectivity index (χ1) is 17.7. The summed E-state index contributed by atoms with van der Waals surface area (Å²) in [5, 5.41) is 5.98. The summed E-state index contributed by atoms with van der Waals surface area (Å²) < 4.78 is 0.942. The van der Waals surface area contributed by atoms with Gasteiger partial charge in [0.15, 0.2) is 0 Å². The van der Waals surface area contributed by atoms with Gasteiger partial charge in [-0.1, -0.05) is 91.6 Å². The Balaban J connectivity index is 0.000000143. The molecule has 0 aliphatic carbocycles. The third-order valence-corrected chi connectivity index (χ3v) is 7.71. The lowest BCUT2D eigenvalue weighted by atomic mass is 10.1. The van der Waals surface area contributed by atoms with Crippen LogP contribution in [0, 0.1) is 0 Å². The molecular weight excluding hydrogens is 657 g/mol. The summed E-state index contributed by atoms with van der Waals surface area (Å²) in [7, 11) is 0. The van der Waals surface area contributed by atoms with E-state index in [-0.39, 0.29) is 0 Å². The van der Waals surface area contributed by atoms with Crippen LogP contribution < -0.4 is 0 Å². The van der Waals surface area contributed by atoms with Crippen LogP contribution in [0.25, 0.3) is 32.9 Å². The molecule has 37 heavy (non-hydrogen) atoms. The van der Waals surface area contributed by atoms with Gasteiger partial charge < -0.3 is 9.97 Å². The molecule has 6 rings (SSSR count). The molecular formula is C28H17BrCl6N2. The van der Waals surface area contributed by atoms with Crippen LogP contribution in [0.5, 0.6) is 0 Å². The van der Waals surface area contributed by atoms with E-state index in [9.17, 15) is 0 Å². The molecule has 0 saturated heterocycles. The van der Waals surface area contributed by atoms with E-state index in [0.29, 0.717) is 25.1 Å². The number of hydrogen-bond donors (Lipinski definition) is 2. The molecule has 2 N–H and O–H groups in total. The monoisotopic (exact) mass is 670 g/mol. The van der Waals surface area contributed by atoms with Crippen LogP contribution in [0.2, 0.25) is 30.1 Å². The van der Waals surface area contributed by atoms with Gasteiger partial charge in [0.05, 0.1) is 20.1 Å². The maximum atomic E-state index is 6.04. The van der Waals surface area contributed by atoms with Crippen LogP contribution in [-0.4, -0.2) is 9.97 Å². The fraction of sp³-hybridized carbons (Fsp3) is 0. The SMILES string of the molecule is Clc1ccc(Br)cc1Cl.Clc1ccc2[nH]cc(-c3ccc(Cl)c(Cl)c3)c2c1.Clc1ccc2[nH]ccc2c1. The van der Waals surface area contributed by atoms with Crippen molar-refractivity contribution in [2.24, 2.45) is 0 Å². The number of rotatable bonds is 1. The predicted molar refractivity (Wildman–Crippen MR) is 166 cm³/mol. The lowest BCUT2D eigenvalue weighted by molar-refractivity contribution is 1.47. The first-order valence-electron chi connectivity index (χ1n) is 10.8. The summed E-state index contributed by atoms with van der Waals surface area (Å²) in [6.07, 6.45) is 3.85. The fourth-order valence-electron chi connectivity index (χ4n) is 3.49. The van der Waals surface area contributed by atoms with Crippen molar-refractivity contribution < 1.29 is 0 Å². The highest BCUT2D eigenvalue weighted by Crippen LogP contribution is 2.34. The van der Waals surface area contributed by atoms with Gasteiger partial charge in [0.1, 0.15) is 0 Å². The van der Waals surface area contributed by atoms with Gasteiger partial charge in [-0.25, -0.2) is 0 Å². The highest BCUT2D eigenvalue weighted by molar-refractivity contribution is 9.10. The van der Waals surface area contributed by atoms with Gasteiger partial charge in [-0.15, -0.1) is 0 Å². The van der Waals surface area contributed by atoms with E-state index in [0.717, 1.165) is 42.4 Å². The van der Waals surface area contributed by atoms with Crippen LogP contribution in [0.3, 0.4) is 0 Å². The standard InChI is InChI=1S/C14H8Cl3N.C8H6ClN.C6H3BrCl2/c15-9-2-4-14-10(6-9)11(7-18-14)8-1-3-12(16)13(17)5-8;9-7-1-2-8-6(5-7)3-4-10-8;7-4-1-2-5(8)6(9)3-4/h1-7,18H;1-5,10H;1-3H. The van der Waals surface area contributed by atoms with Gasteiger partial charge in [-0.05, 0) is 78.4 Å². The van der Waals surface area contributed by atoms with Crippen molar-refractivity contribution >= 4 is 107 Å².